The first-order valence-corrected chi connectivity index (χ1v) is 18.4. The van der Waals surface area contributed by atoms with Gasteiger partial charge in [0.1, 0.15) is 6.29 Å². The van der Waals surface area contributed by atoms with Gasteiger partial charge in [-0.15, -0.1) is 0 Å². The molecule has 272 valence electrons. The lowest BCUT2D eigenvalue weighted by Gasteiger charge is -2.32. The Morgan fingerprint density at radius 2 is 1.81 bits per heavy atom. The molecule has 2 aliphatic heterocycles. The van der Waals surface area contributed by atoms with Crippen molar-refractivity contribution in [2.75, 3.05) is 52.5 Å². The Hall–Kier alpha value is -2.62. The highest BCUT2D eigenvalue weighted by Gasteiger charge is 2.41. The monoisotopic (exact) mass is 673 g/mol. The minimum Gasteiger partial charge on any atom is -0.468 e. The predicted octanol–water partition coefficient (Wildman–Crippen LogP) is 7.39. The molecule has 2 heterocycles. The first kappa shape index (κ1) is 41.6. The van der Waals surface area contributed by atoms with E-state index >= 15 is 0 Å². The van der Waals surface area contributed by atoms with Gasteiger partial charge in [-0.2, -0.15) is 0 Å². The molecule has 2 saturated heterocycles. The molecule has 3 atom stereocenters. The molecule has 1 aromatic rings. The normalized spacial score (nSPS) is 21.5. The van der Waals surface area contributed by atoms with Gasteiger partial charge in [-0.05, 0) is 114 Å². The number of fused-ring (bicyclic) bond motifs is 1. The highest BCUT2D eigenvalue weighted by Crippen LogP contribution is 2.39. The molecular formula is C39H64FN3O5. The number of rotatable bonds is 13. The molecule has 8 nitrogen and oxygen atoms in total. The molecule has 0 aromatic heterocycles. The van der Waals surface area contributed by atoms with Gasteiger partial charge in [0.2, 0.25) is 5.91 Å². The molecule has 48 heavy (non-hydrogen) atoms. The lowest BCUT2D eigenvalue weighted by Crippen LogP contribution is -2.43. The average molecular weight is 674 g/mol. The molecule has 2 aliphatic carbocycles. The van der Waals surface area contributed by atoms with Crippen LogP contribution in [0.3, 0.4) is 0 Å². The van der Waals surface area contributed by atoms with E-state index in [0.29, 0.717) is 31.3 Å². The van der Waals surface area contributed by atoms with Crippen LogP contribution in [-0.4, -0.2) is 76.7 Å². The number of nitrogens with one attached hydrogen (secondary N) is 1. The van der Waals surface area contributed by atoms with Gasteiger partial charge in [0.05, 0.1) is 19.3 Å². The summed E-state index contributed by atoms with van der Waals surface area (Å²) in [7, 11) is 3.61. The van der Waals surface area contributed by atoms with Gasteiger partial charge >= 0.3 is 0 Å². The van der Waals surface area contributed by atoms with Gasteiger partial charge in [-0.1, -0.05) is 69.6 Å². The van der Waals surface area contributed by atoms with E-state index in [-0.39, 0.29) is 24.5 Å². The van der Waals surface area contributed by atoms with Crippen LogP contribution < -0.4 is 11.1 Å². The van der Waals surface area contributed by atoms with Crippen LogP contribution in [0.15, 0.2) is 23.8 Å². The van der Waals surface area contributed by atoms with Crippen molar-refractivity contribution in [3.63, 3.8) is 0 Å². The highest BCUT2D eigenvalue weighted by molar-refractivity contribution is 5.95. The van der Waals surface area contributed by atoms with Crippen molar-refractivity contribution in [3.8, 4) is 0 Å². The van der Waals surface area contributed by atoms with Crippen LogP contribution in [0.2, 0.25) is 0 Å². The van der Waals surface area contributed by atoms with Gasteiger partial charge in [0.15, 0.2) is 0 Å². The first-order chi connectivity index (χ1) is 23.4. The highest BCUT2D eigenvalue weighted by atomic mass is 19.1. The average Bonchev–Trinajstić information content (AvgIpc) is 3.70. The lowest BCUT2D eigenvalue weighted by molar-refractivity contribution is -0.131. The molecule has 4 aliphatic rings. The van der Waals surface area contributed by atoms with E-state index in [9.17, 15) is 18.8 Å². The van der Waals surface area contributed by atoms with Gasteiger partial charge in [-0.25, -0.2) is 0 Å². The number of likely N-dealkylation sites (N-methyl/N-ethyl adjacent to an activating group) is 1. The molecule has 0 bridgehead atoms. The van der Waals surface area contributed by atoms with E-state index in [4.69, 9.17) is 4.74 Å². The minimum absolute atomic E-state index is 0.0358. The zero-order valence-corrected chi connectivity index (χ0v) is 30.2. The van der Waals surface area contributed by atoms with Crippen molar-refractivity contribution in [1.29, 1.82) is 0 Å². The predicted molar refractivity (Wildman–Crippen MR) is 193 cm³/mol. The molecule has 1 aromatic carbocycles. The van der Waals surface area contributed by atoms with Gasteiger partial charge in [0.25, 0.3) is 6.47 Å². The summed E-state index contributed by atoms with van der Waals surface area (Å²) < 4.78 is 21.4. The topological polar surface area (TPSA) is 111 Å². The molecular weight excluding hydrogens is 609 g/mol. The second-order valence-electron chi connectivity index (χ2n) is 13.7. The summed E-state index contributed by atoms with van der Waals surface area (Å²) in [5.41, 5.74) is 9.47. The Labute approximate surface area is 289 Å². The van der Waals surface area contributed by atoms with Crippen molar-refractivity contribution < 1.29 is 28.2 Å². The van der Waals surface area contributed by atoms with Crippen molar-refractivity contribution >= 4 is 30.4 Å². The van der Waals surface area contributed by atoms with Crippen LogP contribution in [0.25, 0.3) is 6.08 Å². The summed E-state index contributed by atoms with van der Waals surface area (Å²) in [6, 6.07) is 6.39. The summed E-state index contributed by atoms with van der Waals surface area (Å²) in [5.74, 6) is 2.18. The van der Waals surface area contributed by atoms with E-state index in [1.165, 1.54) is 62.3 Å². The Morgan fingerprint density at radius 1 is 1.08 bits per heavy atom. The molecule has 1 amide bonds. The van der Waals surface area contributed by atoms with Crippen LogP contribution in [0.1, 0.15) is 108 Å². The quantitative estimate of drug-likeness (QED) is 0.166. The Morgan fingerprint density at radius 3 is 2.46 bits per heavy atom. The van der Waals surface area contributed by atoms with Crippen molar-refractivity contribution in [2.45, 2.75) is 110 Å². The minimum atomic E-state index is -0.224. The number of nitrogens with two attached hydrogens (primary N) is 1. The molecule has 9 heteroatoms. The van der Waals surface area contributed by atoms with E-state index in [2.05, 4.69) is 58.9 Å². The number of carbonyl (C=O) groups is 3. The summed E-state index contributed by atoms with van der Waals surface area (Å²) in [4.78, 5) is 35.5. The number of carbonyl (C=O) groups excluding carboxylic acids is 3. The first-order valence-electron chi connectivity index (χ1n) is 18.4. The van der Waals surface area contributed by atoms with Gasteiger partial charge in [-0.3, -0.25) is 18.9 Å². The van der Waals surface area contributed by atoms with E-state index < -0.39 is 0 Å². The van der Waals surface area contributed by atoms with E-state index in [1.807, 2.05) is 6.92 Å². The zero-order valence-electron chi connectivity index (χ0n) is 30.2. The second-order valence-corrected chi connectivity index (χ2v) is 13.7. The number of unbranched alkanes of at least 4 members (excludes halogenated alkanes) is 2. The molecule has 0 spiro atoms. The Bertz CT molecular complexity index is 1090. The van der Waals surface area contributed by atoms with Crippen LogP contribution in [0, 0.1) is 23.7 Å². The van der Waals surface area contributed by atoms with Crippen molar-refractivity contribution in [2.24, 2.45) is 29.4 Å². The third-order valence-electron chi connectivity index (χ3n) is 10.2. The number of aldehydes is 1. The number of anilines is 1. The molecule has 0 radical (unpaired) electrons. The number of alkyl halides is 1. The molecule has 5 rings (SSSR count). The number of allylic oxidation sites excluding steroid dienone is 1. The van der Waals surface area contributed by atoms with Gasteiger partial charge < -0.3 is 25.3 Å². The number of halogens is 1. The fourth-order valence-corrected chi connectivity index (χ4v) is 7.36. The Balaban J connectivity index is 0.000000290. The maximum Gasteiger partial charge on any atom is 0.293 e. The number of hydrogen-bond donors (Lipinski definition) is 2. The fraction of sp³-hybridized carbons (Fsp3) is 0.718. The molecule has 3 N–H and O–H groups in total. The summed E-state index contributed by atoms with van der Waals surface area (Å²) in [5, 5.41) is 3.22. The maximum absolute atomic E-state index is 13.1. The third-order valence-corrected chi connectivity index (χ3v) is 10.2. The van der Waals surface area contributed by atoms with Crippen LogP contribution >= 0.6 is 0 Å². The fourth-order valence-electron chi connectivity index (χ4n) is 7.36. The Kier molecular flexibility index (Phi) is 21.2. The summed E-state index contributed by atoms with van der Waals surface area (Å²) in [6.45, 7) is 7.69. The number of hydrogen-bond acceptors (Lipinski definition) is 7. The van der Waals surface area contributed by atoms with Gasteiger partial charge in [0, 0.05) is 24.8 Å². The number of likely N-dealkylation sites (tertiary alicyclic amines) is 1. The smallest absolute Gasteiger partial charge is 0.293 e. The second kappa shape index (κ2) is 24.5. The van der Waals surface area contributed by atoms with Crippen molar-refractivity contribution in [3.05, 3.63) is 34.9 Å². The van der Waals surface area contributed by atoms with Crippen LogP contribution in [0.4, 0.5) is 10.1 Å². The van der Waals surface area contributed by atoms with E-state index in [1.54, 1.807) is 0 Å². The maximum atomic E-state index is 13.1. The summed E-state index contributed by atoms with van der Waals surface area (Å²) in [6.07, 6.45) is 18.6. The number of benzene rings is 1. The third kappa shape index (κ3) is 14.5. The van der Waals surface area contributed by atoms with Crippen LogP contribution in [0.5, 0.6) is 0 Å². The molecule has 3 fully saturated rings. The zero-order chi connectivity index (χ0) is 35.1. The van der Waals surface area contributed by atoms with Crippen LogP contribution in [-0.2, 0) is 30.3 Å². The standard InChI is InChI=1S/C22H30N2O.C9H17FO.C7H12O3.CH5N/c1-15-12-17-8-9-19(14-18(17)13-15)23-22(25)21-20(10-11-24(21)2)16-6-4-3-5-7-16;1-2-9(8-11)6-4-3-5-7-10;8-6-10-5-7-1-3-9-4-2-7;1-2/h8-9,13-14,16,20-21H,3-7,10-12H2,1-2H3,(H,23,25);8-9H,2-7H2,1H3;6-7H,1-5H2;2H2,1H3. The van der Waals surface area contributed by atoms with Crippen molar-refractivity contribution in [1.82, 2.24) is 4.90 Å². The number of amides is 1. The lowest BCUT2D eigenvalue weighted by atomic mass is 9.76. The largest absolute Gasteiger partial charge is 0.468 e. The summed E-state index contributed by atoms with van der Waals surface area (Å²) >= 11 is 0. The number of ether oxygens (including phenoxy) is 2. The SMILES string of the molecule is CC1=Cc2cc(NC(=O)C3C(C4CCCCC4)CCN3C)ccc2C1.CCC(C=O)CCCCCF.CN.O=COCC1CCOCC1. The number of nitrogens with zero attached hydrogens (tertiary/aromatic N) is 1. The molecule has 1 saturated carbocycles. The van der Waals surface area contributed by atoms with E-state index in [0.717, 1.165) is 82.6 Å². The molecule has 3 unspecified atom stereocenters.